The molecule has 182 valence electrons. The van der Waals surface area contributed by atoms with E-state index < -0.39 is 6.04 Å². The van der Waals surface area contributed by atoms with Gasteiger partial charge >= 0.3 is 0 Å². The van der Waals surface area contributed by atoms with Gasteiger partial charge in [0.1, 0.15) is 11.8 Å². The Bertz CT molecular complexity index is 989. The summed E-state index contributed by atoms with van der Waals surface area (Å²) in [7, 11) is 5.12. The molecule has 0 saturated carbocycles. The van der Waals surface area contributed by atoms with Crippen molar-refractivity contribution < 1.29 is 19.1 Å². The van der Waals surface area contributed by atoms with E-state index in [0.717, 1.165) is 30.1 Å². The van der Waals surface area contributed by atoms with E-state index in [4.69, 9.17) is 9.47 Å². The topological polar surface area (TPSA) is 65.6 Å². The average molecular weight is 467 g/mol. The second kappa shape index (κ2) is 10.9. The van der Waals surface area contributed by atoms with Crippen molar-refractivity contribution in [3.63, 3.8) is 0 Å². The molecule has 0 aliphatic carbocycles. The number of carbonyl (C=O) groups excluding carboxylic acids is 2. The zero-order chi connectivity index (χ0) is 24.1. The largest absolute Gasteiger partial charge is 0.497 e. The minimum Gasteiger partial charge on any atom is -0.497 e. The highest BCUT2D eigenvalue weighted by Gasteiger charge is 2.37. The van der Waals surface area contributed by atoms with Crippen molar-refractivity contribution in [1.82, 2.24) is 14.7 Å². The lowest BCUT2D eigenvalue weighted by molar-refractivity contribution is -0.133. The highest BCUT2D eigenvalue weighted by atomic mass is 16.5. The van der Waals surface area contributed by atoms with Gasteiger partial charge in [0.2, 0.25) is 5.91 Å². The molecule has 2 saturated heterocycles. The Morgan fingerprint density at radius 3 is 2.38 bits per heavy atom. The summed E-state index contributed by atoms with van der Waals surface area (Å²) < 4.78 is 10.7. The zero-order valence-electron chi connectivity index (χ0n) is 20.3. The molecule has 0 radical (unpaired) electrons. The first-order valence-corrected chi connectivity index (χ1v) is 11.8. The molecule has 2 heterocycles. The maximum absolute atomic E-state index is 13.8. The van der Waals surface area contributed by atoms with Crippen molar-refractivity contribution in [2.75, 3.05) is 72.0 Å². The van der Waals surface area contributed by atoms with E-state index in [1.165, 1.54) is 0 Å². The Balaban J connectivity index is 1.56. The van der Waals surface area contributed by atoms with Gasteiger partial charge in [0.25, 0.3) is 5.91 Å². The number of ether oxygens (including phenoxy) is 2. The Morgan fingerprint density at radius 2 is 1.71 bits per heavy atom. The van der Waals surface area contributed by atoms with Crippen LogP contribution >= 0.6 is 0 Å². The molecule has 2 aliphatic rings. The van der Waals surface area contributed by atoms with Gasteiger partial charge in [0, 0.05) is 64.6 Å². The van der Waals surface area contributed by atoms with Crippen LogP contribution in [0, 0.1) is 0 Å². The normalized spacial score (nSPS) is 19.1. The van der Waals surface area contributed by atoms with Crippen LogP contribution in [0.25, 0.3) is 0 Å². The molecule has 1 unspecified atom stereocenters. The first-order valence-electron chi connectivity index (χ1n) is 11.8. The summed E-state index contributed by atoms with van der Waals surface area (Å²) in [6.07, 6.45) is 0. The molecule has 1 atom stereocenters. The fourth-order valence-electron chi connectivity index (χ4n) is 4.58. The minimum atomic E-state index is -0.560. The Morgan fingerprint density at radius 1 is 1.00 bits per heavy atom. The maximum atomic E-state index is 13.8. The number of amides is 2. The van der Waals surface area contributed by atoms with Crippen LogP contribution in [0.15, 0.2) is 48.5 Å². The summed E-state index contributed by atoms with van der Waals surface area (Å²) in [6, 6.07) is 15.0. The standard InChI is InChI=1S/C26H34N4O4/c1-27(2)26(32)24-19-29(21-8-10-22(33-3)11-9-21)12-13-30(24)25(31)23-7-5-4-6-20(23)18-28-14-16-34-17-15-28/h4-11,24H,12-19H2,1-3H3. The second-order valence-corrected chi connectivity index (χ2v) is 8.94. The van der Waals surface area contributed by atoms with Crippen molar-refractivity contribution in [2.45, 2.75) is 12.6 Å². The summed E-state index contributed by atoms with van der Waals surface area (Å²) >= 11 is 0. The van der Waals surface area contributed by atoms with E-state index in [2.05, 4.69) is 9.80 Å². The van der Waals surface area contributed by atoms with Gasteiger partial charge in [-0.05, 0) is 35.9 Å². The van der Waals surface area contributed by atoms with E-state index >= 15 is 0 Å². The molecule has 2 aliphatic heterocycles. The van der Waals surface area contributed by atoms with Gasteiger partial charge in [0.05, 0.1) is 20.3 Å². The number of carbonyl (C=O) groups is 2. The Hall–Kier alpha value is -3.10. The average Bonchev–Trinajstić information content (AvgIpc) is 2.88. The van der Waals surface area contributed by atoms with Crippen LogP contribution in [-0.2, 0) is 16.1 Å². The van der Waals surface area contributed by atoms with Gasteiger partial charge in [-0.2, -0.15) is 0 Å². The molecule has 34 heavy (non-hydrogen) atoms. The summed E-state index contributed by atoms with van der Waals surface area (Å²) in [6.45, 7) is 5.40. The zero-order valence-corrected chi connectivity index (χ0v) is 20.3. The van der Waals surface area contributed by atoms with Gasteiger partial charge in [-0.1, -0.05) is 18.2 Å². The van der Waals surface area contributed by atoms with E-state index in [-0.39, 0.29) is 11.8 Å². The highest BCUT2D eigenvalue weighted by Crippen LogP contribution is 2.25. The molecular formula is C26H34N4O4. The summed E-state index contributed by atoms with van der Waals surface area (Å²) in [5.41, 5.74) is 2.67. The van der Waals surface area contributed by atoms with Crippen molar-refractivity contribution in [1.29, 1.82) is 0 Å². The summed E-state index contributed by atoms with van der Waals surface area (Å²) in [4.78, 5) is 34.8. The lowest BCUT2D eigenvalue weighted by Gasteiger charge is -2.42. The van der Waals surface area contributed by atoms with Crippen molar-refractivity contribution in [2.24, 2.45) is 0 Å². The highest BCUT2D eigenvalue weighted by molar-refractivity contribution is 5.99. The number of nitrogens with zero attached hydrogens (tertiary/aromatic N) is 4. The van der Waals surface area contributed by atoms with E-state index in [0.29, 0.717) is 45.0 Å². The SMILES string of the molecule is COc1ccc(N2CCN(C(=O)c3ccccc3CN3CCOCC3)C(C(=O)N(C)C)C2)cc1. The monoisotopic (exact) mass is 466 g/mol. The molecule has 0 N–H and O–H groups in total. The molecule has 2 aromatic rings. The first-order chi connectivity index (χ1) is 16.5. The molecule has 0 aromatic heterocycles. The van der Waals surface area contributed by atoms with Crippen LogP contribution < -0.4 is 9.64 Å². The van der Waals surface area contributed by atoms with E-state index in [1.807, 2.05) is 48.5 Å². The third-order valence-corrected chi connectivity index (χ3v) is 6.55. The molecule has 2 aromatic carbocycles. The number of methoxy groups -OCH3 is 1. The molecule has 0 bridgehead atoms. The van der Waals surface area contributed by atoms with Gasteiger partial charge in [-0.25, -0.2) is 0 Å². The molecule has 2 amide bonds. The molecule has 4 rings (SSSR count). The van der Waals surface area contributed by atoms with Crippen LogP contribution in [0.2, 0.25) is 0 Å². The van der Waals surface area contributed by atoms with Crippen molar-refractivity contribution >= 4 is 17.5 Å². The Labute approximate surface area is 201 Å². The fourth-order valence-corrected chi connectivity index (χ4v) is 4.58. The number of morpholine rings is 1. The van der Waals surface area contributed by atoms with Crippen LogP contribution in [0.1, 0.15) is 15.9 Å². The molecule has 2 fully saturated rings. The fraction of sp³-hybridized carbons (Fsp3) is 0.462. The number of rotatable bonds is 6. The number of likely N-dealkylation sites (N-methyl/N-ethyl adjacent to an activating group) is 1. The number of anilines is 1. The van der Waals surface area contributed by atoms with Crippen molar-refractivity contribution in [3.05, 3.63) is 59.7 Å². The van der Waals surface area contributed by atoms with Crippen LogP contribution in [0.5, 0.6) is 5.75 Å². The molecule has 8 heteroatoms. The predicted octanol–water partition coefficient (Wildman–Crippen LogP) is 1.95. The number of hydrogen-bond donors (Lipinski definition) is 0. The molecular weight excluding hydrogens is 432 g/mol. The van der Waals surface area contributed by atoms with Crippen LogP contribution in [0.4, 0.5) is 5.69 Å². The summed E-state index contributed by atoms with van der Waals surface area (Å²) in [5.74, 6) is 0.631. The quantitative estimate of drug-likeness (QED) is 0.649. The Kier molecular flexibility index (Phi) is 7.70. The summed E-state index contributed by atoms with van der Waals surface area (Å²) in [5, 5.41) is 0. The second-order valence-electron chi connectivity index (χ2n) is 8.94. The third-order valence-electron chi connectivity index (χ3n) is 6.55. The van der Waals surface area contributed by atoms with Gasteiger partial charge in [0.15, 0.2) is 0 Å². The predicted molar refractivity (Wildman–Crippen MR) is 131 cm³/mol. The van der Waals surface area contributed by atoms with Gasteiger partial charge in [-0.15, -0.1) is 0 Å². The van der Waals surface area contributed by atoms with Crippen molar-refractivity contribution in [3.8, 4) is 5.75 Å². The first kappa shape index (κ1) is 24.0. The van der Waals surface area contributed by atoms with E-state index in [9.17, 15) is 9.59 Å². The van der Waals surface area contributed by atoms with E-state index in [1.54, 1.807) is 31.0 Å². The molecule has 8 nitrogen and oxygen atoms in total. The lowest BCUT2D eigenvalue weighted by Crippen LogP contribution is -2.60. The number of hydrogen-bond acceptors (Lipinski definition) is 6. The smallest absolute Gasteiger partial charge is 0.254 e. The van der Waals surface area contributed by atoms with Gasteiger partial charge < -0.3 is 24.2 Å². The maximum Gasteiger partial charge on any atom is 0.254 e. The van der Waals surface area contributed by atoms with Gasteiger partial charge in [-0.3, -0.25) is 14.5 Å². The van der Waals surface area contributed by atoms with Crippen LogP contribution in [-0.4, -0.2) is 99.7 Å². The number of benzene rings is 2. The lowest BCUT2D eigenvalue weighted by atomic mass is 10.0. The minimum absolute atomic E-state index is 0.0720. The van der Waals surface area contributed by atoms with Crippen LogP contribution in [0.3, 0.4) is 0 Å². The third kappa shape index (κ3) is 5.34. The number of piperazine rings is 1. The molecule has 0 spiro atoms.